The molecule has 0 radical (unpaired) electrons. The second-order valence-corrected chi connectivity index (χ2v) is 15.0. The Bertz CT molecular complexity index is 2270. The van der Waals surface area contributed by atoms with Crippen LogP contribution >= 0.6 is 0 Å². The SMILES string of the molecule is Cc1cc(-c2ccccc2)ncc1-c1ccccc1-c1cc(B2OC(C)(C)C(C)(C)O2)cc(-c2ccccc2-c2cnc(-c3ccccc3)cc2C)c1. The molecule has 5 aromatic carbocycles. The summed E-state index contributed by atoms with van der Waals surface area (Å²) in [4.78, 5) is 9.86. The zero-order valence-corrected chi connectivity index (χ0v) is 31.2. The van der Waals surface area contributed by atoms with Gasteiger partial charge in [0.25, 0.3) is 0 Å². The van der Waals surface area contributed by atoms with Crippen molar-refractivity contribution in [1.82, 2.24) is 9.97 Å². The third kappa shape index (κ3) is 6.63. The Labute approximate surface area is 313 Å². The number of hydrogen-bond acceptors (Lipinski definition) is 4. The third-order valence-corrected chi connectivity index (χ3v) is 10.9. The molecule has 1 fully saturated rings. The van der Waals surface area contributed by atoms with Crippen LogP contribution in [0.25, 0.3) is 67.0 Å². The standard InChI is InChI=1S/C48H43BN2O2/c1-32-25-45(34-17-9-7-10-18-34)50-30-43(32)41-23-15-13-21-39(41)36-27-37(29-38(28-36)49-52-47(3,4)48(5,6)53-49)40-22-14-16-24-42(40)44-31-51-46(26-33(44)2)35-19-11-8-12-20-35/h7-31H,1-6H3. The van der Waals surface area contributed by atoms with Crippen LogP contribution in [0.3, 0.4) is 0 Å². The van der Waals surface area contributed by atoms with E-state index in [9.17, 15) is 0 Å². The molecule has 0 amide bonds. The van der Waals surface area contributed by atoms with Crippen LogP contribution in [0.5, 0.6) is 0 Å². The molecule has 0 atom stereocenters. The molecule has 7 aromatic rings. The molecule has 2 aromatic heterocycles. The molecule has 1 aliphatic heterocycles. The van der Waals surface area contributed by atoms with Crippen LogP contribution in [0.1, 0.15) is 38.8 Å². The zero-order chi connectivity index (χ0) is 36.7. The minimum absolute atomic E-state index is 0.476. The van der Waals surface area contributed by atoms with E-state index in [1.165, 1.54) is 11.1 Å². The van der Waals surface area contributed by atoms with Gasteiger partial charge in [-0.3, -0.25) is 9.97 Å². The van der Waals surface area contributed by atoms with Crippen molar-refractivity contribution in [2.75, 3.05) is 0 Å². The Morgan fingerprint density at radius 3 is 1.19 bits per heavy atom. The second-order valence-electron chi connectivity index (χ2n) is 15.0. The maximum absolute atomic E-state index is 6.67. The van der Waals surface area contributed by atoms with Gasteiger partial charge in [-0.15, -0.1) is 0 Å². The Kier molecular flexibility index (Phi) is 8.94. The number of aryl methyl sites for hydroxylation is 2. The lowest BCUT2D eigenvalue weighted by Crippen LogP contribution is -2.41. The van der Waals surface area contributed by atoms with Gasteiger partial charge in [0.05, 0.1) is 22.6 Å². The van der Waals surface area contributed by atoms with Gasteiger partial charge < -0.3 is 9.31 Å². The van der Waals surface area contributed by atoms with E-state index < -0.39 is 18.3 Å². The molecule has 0 unspecified atom stereocenters. The highest BCUT2D eigenvalue weighted by Crippen LogP contribution is 2.41. The minimum atomic E-state index is -0.528. The number of pyridine rings is 2. The van der Waals surface area contributed by atoms with Crippen molar-refractivity contribution in [1.29, 1.82) is 0 Å². The average Bonchev–Trinajstić information content (AvgIpc) is 3.41. The normalized spacial score (nSPS) is 14.7. The number of aromatic nitrogens is 2. The van der Waals surface area contributed by atoms with Gasteiger partial charge in [0, 0.05) is 34.6 Å². The van der Waals surface area contributed by atoms with Crippen LogP contribution in [-0.4, -0.2) is 28.3 Å². The Balaban J connectivity index is 1.27. The van der Waals surface area contributed by atoms with Gasteiger partial charge in [-0.05, 0) is 110 Å². The van der Waals surface area contributed by atoms with E-state index in [1.54, 1.807) is 0 Å². The van der Waals surface area contributed by atoms with E-state index in [2.05, 4.69) is 169 Å². The summed E-state index contributed by atoms with van der Waals surface area (Å²) in [7, 11) is -0.528. The van der Waals surface area contributed by atoms with Gasteiger partial charge in [-0.25, -0.2) is 0 Å². The van der Waals surface area contributed by atoms with Crippen molar-refractivity contribution in [3.63, 3.8) is 0 Å². The average molecular weight is 691 g/mol. The largest absolute Gasteiger partial charge is 0.494 e. The summed E-state index contributed by atoms with van der Waals surface area (Å²) in [5, 5.41) is 0. The van der Waals surface area contributed by atoms with E-state index in [0.717, 1.165) is 72.5 Å². The van der Waals surface area contributed by atoms with E-state index in [4.69, 9.17) is 19.3 Å². The van der Waals surface area contributed by atoms with Crippen molar-refractivity contribution >= 4 is 12.6 Å². The third-order valence-electron chi connectivity index (χ3n) is 10.9. The summed E-state index contributed by atoms with van der Waals surface area (Å²) < 4.78 is 13.3. The van der Waals surface area contributed by atoms with Gasteiger partial charge in [0.2, 0.25) is 0 Å². The highest BCUT2D eigenvalue weighted by molar-refractivity contribution is 6.62. The molecule has 1 saturated heterocycles. The van der Waals surface area contributed by atoms with Crippen LogP contribution in [-0.2, 0) is 9.31 Å². The molecule has 0 aliphatic carbocycles. The first-order valence-electron chi connectivity index (χ1n) is 18.3. The Morgan fingerprint density at radius 2 is 0.792 bits per heavy atom. The van der Waals surface area contributed by atoms with E-state index in [0.29, 0.717) is 0 Å². The van der Waals surface area contributed by atoms with Crippen LogP contribution in [0.4, 0.5) is 0 Å². The summed E-state index contributed by atoms with van der Waals surface area (Å²) in [5.74, 6) is 0. The van der Waals surface area contributed by atoms with Gasteiger partial charge in [0.1, 0.15) is 0 Å². The predicted octanol–water partition coefficient (Wildman–Crippen LogP) is 11.4. The van der Waals surface area contributed by atoms with Gasteiger partial charge in [-0.1, -0.05) is 121 Å². The smallest absolute Gasteiger partial charge is 0.399 e. The van der Waals surface area contributed by atoms with Gasteiger partial charge >= 0.3 is 7.12 Å². The van der Waals surface area contributed by atoms with E-state index in [-0.39, 0.29) is 0 Å². The van der Waals surface area contributed by atoms with Crippen LogP contribution in [0, 0.1) is 13.8 Å². The molecule has 3 heterocycles. The maximum atomic E-state index is 6.67. The number of hydrogen-bond donors (Lipinski definition) is 0. The monoisotopic (exact) mass is 690 g/mol. The van der Waals surface area contributed by atoms with Crippen LogP contribution in [0.15, 0.2) is 152 Å². The van der Waals surface area contributed by atoms with Crippen molar-refractivity contribution in [3.8, 4) is 67.0 Å². The number of nitrogens with zero attached hydrogens (tertiary/aromatic N) is 2. The summed E-state index contributed by atoms with van der Waals surface area (Å²) >= 11 is 0. The molecule has 4 nitrogen and oxygen atoms in total. The molecule has 0 N–H and O–H groups in total. The van der Waals surface area contributed by atoms with Crippen molar-refractivity contribution in [2.45, 2.75) is 52.7 Å². The molecule has 8 rings (SSSR count). The molecule has 5 heteroatoms. The fourth-order valence-electron chi connectivity index (χ4n) is 7.23. The molecule has 1 aliphatic rings. The first kappa shape index (κ1) is 34.5. The molecular weight excluding hydrogens is 647 g/mol. The topological polar surface area (TPSA) is 44.2 Å². The highest BCUT2D eigenvalue weighted by Gasteiger charge is 2.51. The molecule has 0 bridgehead atoms. The minimum Gasteiger partial charge on any atom is -0.399 e. The first-order chi connectivity index (χ1) is 25.6. The van der Waals surface area contributed by atoms with Crippen molar-refractivity contribution in [2.24, 2.45) is 0 Å². The second kappa shape index (κ2) is 13.7. The van der Waals surface area contributed by atoms with Crippen molar-refractivity contribution in [3.05, 3.63) is 163 Å². The maximum Gasteiger partial charge on any atom is 0.494 e. The van der Waals surface area contributed by atoms with Gasteiger partial charge in [0.15, 0.2) is 0 Å². The molecular formula is C48H43BN2O2. The van der Waals surface area contributed by atoms with Crippen LogP contribution < -0.4 is 5.46 Å². The lowest BCUT2D eigenvalue weighted by atomic mass is 9.75. The first-order valence-corrected chi connectivity index (χ1v) is 18.3. The lowest BCUT2D eigenvalue weighted by molar-refractivity contribution is 0.00578. The lowest BCUT2D eigenvalue weighted by Gasteiger charge is -2.32. The number of rotatable bonds is 7. The molecule has 0 spiro atoms. The summed E-state index contributed by atoms with van der Waals surface area (Å²) in [5.41, 5.74) is 15.3. The predicted molar refractivity (Wildman–Crippen MR) is 220 cm³/mol. The summed E-state index contributed by atoms with van der Waals surface area (Å²) in [6.45, 7) is 12.8. The quantitative estimate of drug-likeness (QED) is 0.156. The highest BCUT2D eigenvalue weighted by atomic mass is 16.7. The van der Waals surface area contributed by atoms with Gasteiger partial charge in [-0.2, -0.15) is 0 Å². The molecule has 0 saturated carbocycles. The molecule has 53 heavy (non-hydrogen) atoms. The zero-order valence-electron chi connectivity index (χ0n) is 31.2. The van der Waals surface area contributed by atoms with E-state index in [1.807, 2.05) is 24.5 Å². The van der Waals surface area contributed by atoms with Crippen LogP contribution in [0.2, 0.25) is 0 Å². The Morgan fingerprint density at radius 1 is 0.415 bits per heavy atom. The fraction of sp³-hybridized carbons (Fsp3) is 0.167. The Hall–Kier alpha value is -5.62. The molecule has 260 valence electrons. The summed E-state index contributed by atoms with van der Waals surface area (Å²) in [6.07, 6.45) is 4.03. The summed E-state index contributed by atoms with van der Waals surface area (Å²) in [6, 6.07) is 49.0. The fourth-order valence-corrected chi connectivity index (χ4v) is 7.23. The number of benzene rings is 5. The van der Waals surface area contributed by atoms with E-state index >= 15 is 0 Å². The van der Waals surface area contributed by atoms with Crippen molar-refractivity contribution < 1.29 is 9.31 Å².